The maximum atomic E-state index is 12.3. The summed E-state index contributed by atoms with van der Waals surface area (Å²) in [6.45, 7) is 0.0412. The van der Waals surface area contributed by atoms with Gasteiger partial charge in [0.05, 0.1) is 5.54 Å². The Hall–Kier alpha value is -1.15. The monoisotopic (exact) mass is 279 g/mol. The first kappa shape index (κ1) is 13.3. The standard InChI is InChI=1S/C10H12F3N3OS/c11-10(12,13)8(17)16-5-2-9(14,3-6-16)7-1-4-15-18-7/h1,4H,2-3,5-6,14H2. The molecule has 0 spiro atoms. The first-order valence-corrected chi connectivity index (χ1v) is 6.16. The van der Waals surface area contributed by atoms with Gasteiger partial charge in [-0.15, -0.1) is 0 Å². The van der Waals surface area contributed by atoms with Crippen LogP contribution in [0.25, 0.3) is 0 Å². The molecule has 2 rings (SSSR count). The Bertz CT molecular complexity index is 424. The van der Waals surface area contributed by atoms with Crippen molar-refractivity contribution >= 4 is 17.4 Å². The molecule has 1 fully saturated rings. The molecular formula is C10H12F3N3OS. The van der Waals surface area contributed by atoms with E-state index in [0.717, 1.165) is 9.78 Å². The third kappa shape index (κ3) is 2.49. The van der Waals surface area contributed by atoms with Gasteiger partial charge in [0.15, 0.2) is 0 Å². The van der Waals surface area contributed by atoms with Crippen LogP contribution in [0.3, 0.4) is 0 Å². The minimum atomic E-state index is -4.81. The van der Waals surface area contributed by atoms with E-state index in [4.69, 9.17) is 5.73 Å². The van der Waals surface area contributed by atoms with E-state index < -0.39 is 17.6 Å². The number of aromatic nitrogens is 1. The van der Waals surface area contributed by atoms with Gasteiger partial charge in [-0.3, -0.25) is 4.79 Å². The Morgan fingerprint density at radius 1 is 1.44 bits per heavy atom. The Morgan fingerprint density at radius 2 is 2.06 bits per heavy atom. The number of nitrogens with two attached hydrogens (primary N) is 1. The van der Waals surface area contributed by atoms with Gasteiger partial charge in [-0.1, -0.05) is 0 Å². The molecule has 100 valence electrons. The van der Waals surface area contributed by atoms with Gasteiger partial charge in [-0.2, -0.15) is 13.2 Å². The predicted molar refractivity (Wildman–Crippen MR) is 59.8 cm³/mol. The van der Waals surface area contributed by atoms with Crippen LogP contribution >= 0.6 is 11.5 Å². The molecule has 0 bridgehead atoms. The van der Waals surface area contributed by atoms with Crippen LogP contribution in [0.15, 0.2) is 12.3 Å². The zero-order valence-electron chi connectivity index (χ0n) is 9.41. The van der Waals surface area contributed by atoms with E-state index in [-0.39, 0.29) is 13.1 Å². The van der Waals surface area contributed by atoms with Crippen LogP contribution in [0, 0.1) is 0 Å². The molecule has 18 heavy (non-hydrogen) atoms. The number of halogens is 3. The maximum absolute atomic E-state index is 12.3. The molecule has 8 heteroatoms. The van der Waals surface area contributed by atoms with Gasteiger partial charge in [0, 0.05) is 24.2 Å². The van der Waals surface area contributed by atoms with E-state index in [1.54, 1.807) is 12.3 Å². The first-order valence-electron chi connectivity index (χ1n) is 5.39. The number of hydrogen-bond acceptors (Lipinski definition) is 4. The van der Waals surface area contributed by atoms with Gasteiger partial charge in [0.2, 0.25) is 0 Å². The lowest BCUT2D eigenvalue weighted by Gasteiger charge is -2.38. The number of likely N-dealkylation sites (tertiary alicyclic amines) is 1. The van der Waals surface area contributed by atoms with Crippen molar-refractivity contribution in [2.75, 3.05) is 13.1 Å². The lowest BCUT2D eigenvalue weighted by Crippen LogP contribution is -2.52. The highest BCUT2D eigenvalue weighted by Gasteiger charge is 2.45. The fraction of sp³-hybridized carbons (Fsp3) is 0.600. The van der Waals surface area contributed by atoms with Gasteiger partial charge in [-0.25, -0.2) is 4.37 Å². The number of amides is 1. The topological polar surface area (TPSA) is 59.2 Å². The van der Waals surface area contributed by atoms with Gasteiger partial charge in [0.1, 0.15) is 0 Å². The maximum Gasteiger partial charge on any atom is 0.471 e. The van der Waals surface area contributed by atoms with Crippen LogP contribution in [0.4, 0.5) is 13.2 Å². The van der Waals surface area contributed by atoms with Crippen molar-refractivity contribution in [3.05, 3.63) is 17.1 Å². The van der Waals surface area contributed by atoms with Crippen LogP contribution in [0.2, 0.25) is 0 Å². The number of carbonyl (C=O) groups is 1. The molecule has 0 aliphatic carbocycles. The van der Waals surface area contributed by atoms with Crippen LogP contribution in [-0.4, -0.2) is 34.4 Å². The molecule has 2 heterocycles. The predicted octanol–water partition coefficient (Wildman–Crippen LogP) is 1.48. The zero-order valence-corrected chi connectivity index (χ0v) is 10.2. The van der Waals surface area contributed by atoms with E-state index in [1.165, 1.54) is 11.5 Å². The molecule has 2 N–H and O–H groups in total. The van der Waals surface area contributed by atoms with Crippen molar-refractivity contribution in [1.82, 2.24) is 9.27 Å². The third-order valence-electron chi connectivity index (χ3n) is 3.11. The van der Waals surface area contributed by atoms with E-state index >= 15 is 0 Å². The highest BCUT2D eigenvalue weighted by atomic mass is 32.1. The molecule has 1 aromatic rings. The summed E-state index contributed by atoms with van der Waals surface area (Å²) in [5.41, 5.74) is 5.48. The molecule has 0 aromatic carbocycles. The molecule has 0 radical (unpaired) electrons. The van der Waals surface area contributed by atoms with Gasteiger partial charge in [0.25, 0.3) is 0 Å². The first-order chi connectivity index (χ1) is 8.33. The Kier molecular flexibility index (Phi) is 3.33. The summed E-state index contributed by atoms with van der Waals surface area (Å²) in [5.74, 6) is -1.78. The van der Waals surface area contributed by atoms with Crippen molar-refractivity contribution in [3.63, 3.8) is 0 Å². The van der Waals surface area contributed by atoms with Gasteiger partial charge < -0.3 is 10.6 Å². The van der Waals surface area contributed by atoms with Crippen molar-refractivity contribution in [2.24, 2.45) is 5.73 Å². The minimum absolute atomic E-state index is 0.0206. The number of hydrogen-bond donors (Lipinski definition) is 1. The average molecular weight is 279 g/mol. The largest absolute Gasteiger partial charge is 0.471 e. The van der Waals surface area contributed by atoms with E-state index in [2.05, 4.69) is 4.37 Å². The summed E-state index contributed by atoms with van der Waals surface area (Å²) in [6.07, 6.45) is -2.56. The summed E-state index contributed by atoms with van der Waals surface area (Å²) < 4.78 is 40.7. The second kappa shape index (κ2) is 4.51. The van der Waals surface area contributed by atoms with Gasteiger partial charge >= 0.3 is 12.1 Å². The fourth-order valence-corrected chi connectivity index (χ4v) is 2.75. The Labute approximate surface area is 106 Å². The average Bonchev–Trinajstić information content (AvgIpc) is 2.82. The molecule has 1 amide bonds. The van der Waals surface area contributed by atoms with E-state index in [9.17, 15) is 18.0 Å². The van der Waals surface area contributed by atoms with E-state index in [1.807, 2.05) is 0 Å². The molecule has 1 saturated heterocycles. The highest BCUT2D eigenvalue weighted by molar-refractivity contribution is 7.05. The number of rotatable bonds is 1. The molecule has 1 aromatic heterocycles. The van der Waals surface area contributed by atoms with Gasteiger partial charge in [-0.05, 0) is 30.4 Å². The fourth-order valence-electron chi connectivity index (χ4n) is 2.01. The SMILES string of the molecule is NC1(c2ccns2)CCN(C(=O)C(F)(F)F)CC1. The molecule has 0 atom stereocenters. The van der Waals surface area contributed by atoms with Crippen molar-refractivity contribution < 1.29 is 18.0 Å². The van der Waals surface area contributed by atoms with Crippen LogP contribution in [0.5, 0.6) is 0 Å². The summed E-state index contributed by atoms with van der Waals surface area (Å²) in [6, 6.07) is 1.77. The van der Waals surface area contributed by atoms with Crippen LogP contribution in [-0.2, 0) is 10.3 Å². The molecule has 1 aliphatic heterocycles. The van der Waals surface area contributed by atoms with Crippen molar-refractivity contribution in [1.29, 1.82) is 0 Å². The summed E-state index contributed by atoms with van der Waals surface area (Å²) >= 11 is 1.24. The quantitative estimate of drug-likeness (QED) is 0.847. The second-order valence-corrected chi connectivity index (χ2v) is 5.16. The smallest absolute Gasteiger partial charge is 0.335 e. The lowest BCUT2D eigenvalue weighted by atomic mass is 9.87. The molecule has 0 saturated carbocycles. The van der Waals surface area contributed by atoms with Crippen molar-refractivity contribution in [3.8, 4) is 0 Å². The van der Waals surface area contributed by atoms with Crippen LogP contribution < -0.4 is 5.73 Å². The van der Waals surface area contributed by atoms with Crippen LogP contribution in [0.1, 0.15) is 17.7 Å². The zero-order chi connectivity index (χ0) is 13.4. The normalized spacial score (nSPS) is 19.9. The number of piperidine rings is 1. The summed E-state index contributed by atoms with van der Waals surface area (Å²) in [5, 5.41) is 0. The lowest BCUT2D eigenvalue weighted by molar-refractivity contribution is -0.186. The molecule has 0 unspecified atom stereocenters. The highest BCUT2D eigenvalue weighted by Crippen LogP contribution is 2.33. The summed E-state index contributed by atoms with van der Waals surface area (Å²) in [7, 11) is 0. The summed E-state index contributed by atoms with van der Waals surface area (Å²) in [4.78, 5) is 12.7. The molecular weight excluding hydrogens is 267 g/mol. The number of nitrogens with zero attached hydrogens (tertiary/aromatic N) is 2. The Morgan fingerprint density at radius 3 is 2.50 bits per heavy atom. The van der Waals surface area contributed by atoms with Crippen molar-refractivity contribution in [2.45, 2.75) is 24.6 Å². The minimum Gasteiger partial charge on any atom is -0.335 e. The Balaban J connectivity index is 2.02. The molecule has 4 nitrogen and oxygen atoms in total. The second-order valence-electron chi connectivity index (χ2n) is 4.32. The molecule has 1 aliphatic rings. The number of carbonyl (C=O) groups excluding carboxylic acids is 1. The third-order valence-corrected chi connectivity index (χ3v) is 4.08. The van der Waals surface area contributed by atoms with E-state index in [0.29, 0.717) is 12.8 Å². The number of alkyl halides is 3.